The van der Waals surface area contributed by atoms with E-state index in [4.69, 9.17) is 25.3 Å². The standard InChI is InChI=1S/C14H14N4.C8H7N3.C6H8N2.C2H4O2.C2H2O2.CH4.Na/c1-3-7-13(8-4-1)17-15-11-12-16-18-14-9-5-2-6-10-14;1-2-4-8(5-3-1)11-9-6-7-10-11;7-8-6-4-2-1-3-5-6;1-2(3)4;3-1-2-4;;/h1-12,17-18H;1-7H;1-5,8H,7H2;1H3,(H,3,4);1-2H;1H4;/q;;;;;;+1/p-1/b15-11-,16-12+;;;;;;. The Bertz CT molecular complexity index is 1440. The molecule has 14 heteroatoms. The van der Waals surface area contributed by atoms with Gasteiger partial charge in [0.25, 0.3) is 0 Å². The fraction of sp³-hybridized carbons (Fsp3) is 0.0606. The summed E-state index contributed by atoms with van der Waals surface area (Å²) in [5, 5.41) is 24.9. The summed E-state index contributed by atoms with van der Waals surface area (Å²) in [6, 6.07) is 38.9. The molecule has 4 aromatic carbocycles. The van der Waals surface area contributed by atoms with Gasteiger partial charge < -0.3 is 15.3 Å². The van der Waals surface area contributed by atoms with Crippen LogP contribution in [0.4, 0.5) is 17.1 Å². The first-order chi connectivity index (χ1) is 22.0. The molecule has 0 saturated heterocycles. The molecule has 0 aliphatic rings. The number of carbonyl (C=O) groups is 3. The zero-order chi connectivity index (χ0) is 32.8. The summed E-state index contributed by atoms with van der Waals surface area (Å²) in [4.78, 5) is 28.1. The Balaban J connectivity index is 0. The number of aldehydes is 2. The maximum Gasteiger partial charge on any atom is 1.00 e. The van der Waals surface area contributed by atoms with Crippen LogP contribution in [0.1, 0.15) is 14.4 Å². The Morgan fingerprint density at radius 1 is 0.681 bits per heavy atom. The van der Waals surface area contributed by atoms with Gasteiger partial charge in [-0.3, -0.25) is 26.3 Å². The van der Waals surface area contributed by atoms with E-state index in [2.05, 4.69) is 36.7 Å². The third-order valence-corrected chi connectivity index (χ3v) is 4.55. The molecule has 0 aliphatic heterocycles. The third-order valence-electron chi connectivity index (χ3n) is 4.55. The van der Waals surface area contributed by atoms with Gasteiger partial charge in [-0.25, -0.2) is 0 Å². The molecule has 13 nitrogen and oxygen atoms in total. The van der Waals surface area contributed by atoms with E-state index in [9.17, 15) is 0 Å². The average Bonchev–Trinajstić information content (AvgIpc) is 3.64. The van der Waals surface area contributed by atoms with E-state index < -0.39 is 5.97 Å². The smallest absolute Gasteiger partial charge is 0.550 e. The van der Waals surface area contributed by atoms with Crippen molar-refractivity contribution < 1.29 is 49.0 Å². The van der Waals surface area contributed by atoms with Gasteiger partial charge in [-0.15, -0.1) is 0 Å². The second-order valence-corrected chi connectivity index (χ2v) is 7.94. The molecule has 0 spiro atoms. The predicted molar refractivity (Wildman–Crippen MR) is 182 cm³/mol. The van der Waals surface area contributed by atoms with Gasteiger partial charge in [-0.2, -0.15) is 25.2 Å². The van der Waals surface area contributed by atoms with Crippen LogP contribution in [-0.4, -0.2) is 46.0 Å². The molecule has 5 N–H and O–H groups in total. The molecule has 0 atom stereocenters. The fourth-order valence-electron chi connectivity index (χ4n) is 2.76. The molecular weight excluding hydrogens is 609 g/mol. The number of hydrazone groups is 2. The van der Waals surface area contributed by atoms with Crippen LogP contribution in [0.3, 0.4) is 0 Å². The van der Waals surface area contributed by atoms with Gasteiger partial charge in [-0.05, 0) is 55.5 Å². The Hall–Kier alpha value is -5.47. The first kappa shape index (κ1) is 43.7. The van der Waals surface area contributed by atoms with Crippen molar-refractivity contribution in [3.8, 4) is 5.69 Å². The number of nitrogens with two attached hydrogens (primary N) is 1. The largest absolute Gasteiger partial charge is 1.00 e. The summed E-state index contributed by atoms with van der Waals surface area (Å²) in [6.45, 7) is 0.972. The minimum absolute atomic E-state index is 0. The van der Waals surface area contributed by atoms with Crippen molar-refractivity contribution in [2.45, 2.75) is 14.4 Å². The number of nitrogen functional groups attached to an aromatic ring is 1. The molecule has 0 radical (unpaired) electrons. The second kappa shape index (κ2) is 30.6. The molecule has 0 fully saturated rings. The molecule has 47 heavy (non-hydrogen) atoms. The molecule has 5 rings (SSSR count). The number of carboxylic acids is 1. The van der Waals surface area contributed by atoms with E-state index in [0.717, 1.165) is 29.7 Å². The second-order valence-electron chi connectivity index (χ2n) is 7.94. The quantitative estimate of drug-likeness (QED) is 0.0475. The molecule has 240 valence electrons. The maximum atomic E-state index is 8.89. The van der Waals surface area contributed by atoms with Gasteiger partial charge in [0.2, 0.25) is 0 Å². The number of para-hydroxylation sites is 4. The van der Waals surface area contributed by atoms with Gasteiger partial charge >= 0.3 is 29.6 Å². The summed E-state index contributed by atoms with van der Waals surface area (Å²) in [6.07, 6.45) is 6.88. The van der Waals surface area contributed by atoms with Gasteiger partial charge in [0.05, 0.1) is 41.9 Å². The Labute approximate surface area is 296 Å². The van der Waals surface area contributed by atoms with Crippen LogP contribution >= 0.6 is 0 Å². The van der Waals surface area contributed by atoms with Crippen LogP contribution in [0.25, 0.3) is 5.69 Å². The van der Waals surface area contributed by atoms with Crippen molar-refractivity contribution in [1.82, 2.24) is 15.0 Å². The minimum atomic E-state index is -1.08. The van der Waals surface area contributed by atoms with Gasteiger partial charge in [-0.1, -0.05) is 80.2 Å². The van der Waals surface area contributed by atoms with Gasteiger partial charge in [0.15, 0.2) is 12.6 Å². The van der Waals surface area contributed by atoms with Crippen LogP contribution in [0.5, 0.6) is 0 Å². The van der Waals surface area contributed by atoms with Crippen molar-refractivity contribution in [3.63, 3.8) is 0 Å². The van der Waals surface area contributed by atoms with Crippen molar-refractivity contribution in [2.24, 2.45) is 16.0 Å². The van der Waals surface area contributed by atoms with Crippen molar-refractivity contribution in [1.29, 1.82) is 0 Å². The SMILES string of the molecule is C.C(/C=N/Nc1ccccc1)=N/Nc1ccccc1.CC(=O)[O-].NNc1ccccc1.O=CC=O.[Na+].c1ccc(-n2nccn2)cc1. The normalized spacial score (nSPS) is 8.89. The molecule has 5 aromatic rings. The van der Waals surface area contributed by atoms with E-state index in [0.29, 0.717) is 0 Å². The van der Waals surface area contributed by atoms with Crippen molar-refractivity contribution in [3.05, 3.63) is 134 Å². The number of aromatic nitrogens is 3. The number of nitrogens with zero attached hydrogens (tertiary/aromatic N) is 5. The molecule has 0 unspecified atom stereocenters. The molecule has 0 aliphatic carbocycles. The molecular formula is C33H38N9NaO4. The summed E-state index contributed by atoms with van der Waals surface area (Å²) in [5.41, 5.74) is 12.1. The van der Waals surface area contributed by atoms with E-state index >= 15 is 0 Å². The zero-order valence-electron chi connectivity index (χ0n) is 25.5. The molecule has 1 aromatic heterocycles. The number of aliphatic carboxylic acids is 1. The van der Waals surface area contributed by atoms with Crippen LogP contribution in [0.2, 0.25) is 0 Å². The first-order valence-electron chi connectivity index (χ1n) is 13.2. The molecule has 0 amide bonds. The molecule has 1 heterocycles. The number of hydrazine groups is 1. The Morgan fingerprint density at radius 3 is 1.30 bits per heavy atom. The number of anilines is 3. The summed E-state index contributed by atoms with van der Waals surface area (Å²) < 4.78 is 0. The number of carbonyl (C=O) groups excluding carboxylic acids is 3. The summed E-state index contributed by atoms with van der Waals surface area (Å²) in [7, 11) is 0. The average molecular weight is 648 g/mol. The number of hydrogen-bond acceptors (Lipinski definition) is 12. The van der Waals surface area contributed by atoms with Crippen molar-refractivity contribution >= 4 is 48.0 Å². The van der Waals surface area contributed by atoms with Gasteiger partial charge in [0.1, 0.15) is 0 Å². The monoisotopic (exact) mass is 647 g/mol. The van der Waals surface area contributed by atoms with Crippen LogP contribution in [0.15, 0.2) is 144 Å². The minimum Gasteiger partial charge on any atom is -0.550 e. The number of carboxylic acid groups (broad SMARTS) is 1. The topological polar surface area (TPSA) is 192 Å². The fourth-order valence-corrected chi connectivity index (χ4v) is 2.76. The predicted octanol–water partition coefficient (Wildman–Crippen LogP) is 1.20. The molecule has 0 bridgehead atoms. The maximum absolute atomic E-state index is 8.89. The molecule has 0 saturated carbocycles. The van der Waals surface area contributed by atoms with Crippen LogP contribution < -0.4 is 56.8 Å². The Morgan fingerprint density at radius 2 is 1.00 bits per heavy atom. The summed E-state index contributed by atoms with van der Waals surface area (Å²) in [5.74, 6) is 4.02. The first-order valence-corrected chi connectivity index (χ1v) is 13.2. The number of rotatable bonds is 8. The zero-order valence-corrected chi connectivity index (χ0v) is 27.5. The summed E-state index contributed by atoms with van der Waals surface area (Å²) >= 11 is 0. The van der Waals surface area contributed by atoms with Crippen LogP contribution in [-0.2, 0) is 14.4 Å². The number of hydrogen-bond donors (Lipinski definition) is 4. The van der Waals surface area contributed by atoms with E-state index in [-0.39, 0.29) is 49.6 Å². The van der Waals surface area contributed by atoms with Crippen LogP contribution in [0, 0.1) is 0 Å². The van der Waals surface area contributed by atoms with E-state index in [1.807, 2.05) is 121 Å². The number of benzene rings is 4. The van der Waals surface area contributed by atoms with E-state index in [1.54, 1.807) is 29.6 Å². The Kier molecular flexibility index (Phi) is 28.4. The third kappa shape index (κ3) is 24.5. The van der Waals surface area contributed by atoms with E-state index in [1.165, 1.54) is 0 Å². The van der Waals surface area contributed by atoms with Crippen molar-refractivity contribution in [2.75, 3.05) is 16.3 Å². The van der Waals surface area contributed by atoms with Gasteiger partial charge in [0, 0.05) is 11.7 Å². The number of nitrogens with one attached hydrogen (secondary N) is 3.